The number of aryl methyl sites for hydroxylation is 2. The van der Waals surface area contributed by atoms with E-state index in [1.807, 2.05) is 50.2 Å². The molecule has 0 radical (unpaired) electrons. The summed E-state index contributed by atoms with van der Waals surface area (Å²) >= 11 is 7.91. The van der Waals surface area contributed by atoms with Crippen molar-refractivity contribution >= 4 is 35.1 Å². The van der Waals surface area contributed by atoms with Crippen LogP contribution in [0, 0.1) is 13.8 Å². The largest absolute Gasteiger partial charge is 0.454 e. The van der Waals surface area contributed by atoms with Crippen molar-refractivity contribution in [2.24, 2.45) is 0 Å². The molecule has 1 unspecified atom stereocenters. The number of nitrogens with zero attached hydrogens (tertiary/aromatic N) is 2. The molecule has 0 saturated carbocycles. The zero-order valence-electron chi connectivity index (χ0n) is 15.9. The van der Waals surface area contributed by atoms with Crippen LogP contribution in [0.3, 0.4) is 0 Å². The Morgan fingerprint density at radius 2 is 2.00 bits per heavy atom. The van der Waals surface area contributed by atoms with Crippen LogP contribution in [0.25, 0.3) is 5.69 Å². The number of hydrogen-bond acceptors (Lipinski definition) is 5. The first-order valence-corrected chi connectivity index (χ1v) is 10.6. The molecule has 148 valence electrons. The Morgan fingerprint density at radius 1 is 1.17 bits per heavy atom. The highest BCUT2D eigenvalue weighted by Gasteiger charge is 2.31. The number of benzene rings is 2. The third-order valence-corrected chi connectivity index (χ3v) is 6.78. The number of nitrogens with one attached hydrogen (secondary N) is 1. The van der Waals surface area contributed by atoms with E-state index in [0.717, 1.165) is 39.6 Å². The van der Waals surface area contributed by atoms with Crippen LogP contribution < -0.4 is 14.8 Å². The van der Waals surface area contributed by atoms with E-state index in [2.05, 4.69) is 5.32 Å². The van der Waals surface area contributed by atoms with Crippen molar-refractivity contribution in [2.75, 3.05) is 17.9 Å². The lowest BCUT2D eigenvalue weighted by Crippen LogP contribution is -2.15. The minimum Gasteiger partial charge on any atom is -0.454 e. The Morgan fingerprint density at radius 3 is 2.83 bits per heavy atom. The van der Waals surface area contributed by atoms with Crippen LogP contribution in [0.5, 0.6) is 11.5 Å². The Bertz CT molecular complexity index is 1140. The summed E-state index contributed by atoms with van der Waals surface area (Å²) in [6.07, 6.45) is 0. The Balaban J connectivity index is 1.66. The Labute approximate surface area is 177 Å². The zero-order valence-corrected chi connectivity index (χ0v) is 17.4. The van der Waals surface area contributed by atoms with Gasteiger partial charge in [-0.3, -0.25) is 4.79 Å². The maximum Gasteiger partial charge on any atom is 0.235 e. The molecule has 1 amide bonds. The van der Waals surface area contributed by atoms with Crippen LogP contribution in [0.2, 0.25) is 5.02 Å². The fraction of sp³-hybridized carbons (Fsp3) is 0.238. The molecule has 3 aromatic rings. The van der Waals surface area contributed by atoms with Crippen molar-refractivity contribution in [3.8, 4) is 17.2 Å². The number of ether oxygens (including phenoxy) is 2. The van der Waals surface area contributed by atoms with Gasteiger partial charge in [0, 0.05) is 10.6 Å². The van der Waals surface area contributed by atoms with Gasteiger partial charge in [0.25, 0.3) is 0 Å². The minimum atomic E-state index is -0.0619. The van der Waals surface area contributed by atoms with E-state index in [9.17, 15) is 4.79 Å². The number of aromatic nitrogens is 2. The molecule has 2 aliphatic heterocycles. The molecule has 5 rings (SSSR count). The maximum atomic E-state index is 12.5. The molecule has 29 heavy (non-hydrogen) atoms. The number of hydrogen-bond donors (Lipinski definition) is 1. The summed E-state index contributed by atoms with van der Waals surface area (Å²) in [7, 11) is 0. The van der Waals surface area contributed by atoms with E-state index in [0.29, 0.717) is 16.6 Å². The van der Waals surface area contributed by atoms with Gasteiger partial charge in [-0.2, -0.15) is 5.10 Å². The molecule has 8 heteroatoms. The molecule has 3 heterocycles. The zero-order chi connectivity index (χ0) is 20.1. The molecular formula is C21H18ClN3O3S. The lowest BCUT2D eigenvalue weighted by atomic mass is 10.0. The highest BCUT2D eigenvalue weighted by atomic mass is 35.5. The smallest absolute Gasteiger partial charge is 0.235 e. The normalized spacial score (nSPS) is 17.6. The number of halogens is 1. The molecular weight excluding hydrogens is 410 g/mol. The third-order valence-electron chi connectivity index (χ3n) is 5.11. The first-order valence-electron chi connectivity index (χ1n) is 9.18. The molecule has 0 fully saturated rings. The molecule has 6 nitrogen and oxygen atoms in total. The summed E-state index contributed by atoms with van der Waals surface area (Å²) in [5.74, 6) is 2.44. The van der Waals surface area contributed by atoms with Gasteiger partial charge in [0.2, 0.25) is 12.7 Å². The van der Waals surface area contributed by atoms with Crippen molar-refractivity contribution in [2.45, 2.75) is 19.1 Å². The van der Waals surface area contributed by atoms with Crippen LogP contribution in [-0.2, 0) is 4.79 Å². The minimum absolute atomic E-state index is 0.0566. The molecule has 0 spiro atoms. The first-order chi connectivity index (χ1) is 14.0. The van der Waals surface area contributed by atoms with E-state index in [1.54, 1.807) is 16.4 Å². The van der Waals surface area contributed by atoms with E-state index >= 15 is 0 Å². The average Bonchev–Trinajstić information content (AvgIpc) is 3.24. The number of anilines is 1. The second kappa shape index (κ2) is 7.00. The van der Waals surface area contributed by atoms with Gasteiger partial charge in [0.05, 0.1) is 22.4 Å². The van der Waals surface area contributed by atoms with Crippen LogP contribution in [-0.4, -0.2) is 28.2 Å². The molecule has 0 saturated heterocycles. The van der Waals surface area contributed by atoms with Crippen LogP contribution in [0.15, 0.2) is 36.4 Å². The highest BCUT2D eigenvalue weighted by Crippen LogP contribution is 2.46. The summed E-state index contributed by atoms with van der Waals surface area (Å²) in [4.78, 5) is 12.5. The van der Waals surface area contributed by atoms with Crippen molar-refractivity contribution in [3.05, 3.63) is 63.8 Å². The number of carbonyl (C=O) groups excluding carboxylic acids is 1. The lowest BCUT2D eigenvalue weighted by molar-refractivity contribution is -0.113. The summed E-state index contributed by atoms with van der Waals surface area (Å²) in [5, 5.41) is 8.37. The average molecular weight is 428 g/mol. The SMILES string of the molecule is Cc1ccc(-n2nc(C)c3c2NC(=O)CSC3c2ccc3c(c2)OCO3)cc1Cl. The molecule has 2 aromatic carbocycles. The predicted molar refractivity (Wildman–Crippen MR) is 114 cm³/mol. The first kappa shape index (κ1) is 18.4. The van der Waals surface area contributed by atoms with E-state index in [-0.39, 0.29) is 18.0 Å². The van der Waals surface area contributed by atoms with Crippen LogP contribution in [0.4, 0.5) is 5.82 Å². The summed E-state index contributed by atoms with van der Waals surface area (Å²) in [6.45, 7) is 4.14. The molecule has 0 aliphatic carbocycles. The van der Waals surface area contributed by atoms with Gasteiger partial charge in [0.15, 0.2) is 11.5 Å². The number of fused-ring (bicyclic) bond motifs is 2. The summed E-state index contributed by atoms with van der Waals surface area (Å²) in [5.41, 5.74) is 4.68. The van der Waals surface area contributed by atoms with E-state index < -0.39 is 0 Å². The van der Waals surface area contributed by atoms with Crippen molar-refractivity contribution < 1.29 is 14.3 Å². The summed E-state index contributed by atoms with van der Waals surface area (Å²) in [6, 6.07) is 11.7. The second-order valence-electron chi connectivity index (χ2n) is 7.04. The van der Waals surface area contributed by atoms with Crippen molar-refractivity contribution in [1.82, 2.24) is 9.78 Å². The quantitative estimate of drug-likeness (QED) is 0.645. The molecule has 1 N–H and O–H groups in total. The highest BCUT2D eigenvalue weighted by molar-refractivity contribution is 8.00. The maximum absolute atomic E-state index is 12.5. The van der Waals surface area contributed by atoms with Gasteiger partial charge in [-0.1, -0.05) is 23.7 Å². The standard InChI is InChI=1S/C21H18ClN3O3S/c1-11-3-5-14(8-15(11)22)25-21-19(12(2)24-25)20(29-9-18(26)23-21)13-4-6-16-17(7-13)28-10-27-16/h3-8,20H,9-10H2,1-2H3,(H,23,26). The van der Waals surface area contributed by atoms with Gasteiger partial charge >= 0.3 is 0 Å². The fourth-order valence-corrected chi connectivity index (χ4v) is 4.98. The number of thioether (sulfide) groups is 1. The van der Waals surface area contributed by atoms with Gasteiger partial charge in [-0.05, 0) is 49.2 Å². The predicted octanol–water partition coefficient (Wildman–Crippen LogP) is 4.65. The topological polar surface area (TPSA) is 65.4 Å². The van der Waals surface area contributed by atoms with Crippen LogP contribution in [0.1, 0.15) is 27.6 Å². The van der Waals surface area contributed by atoms with Gasteiger partial charge in [-0.25, -0.2) is 4.68 Å². The molecule has 0 bridgehead atoms. The van der Waals surface area contributed by atoms with E-state index in [4.69, 9.17) is 26.2 Å². The summed E-state index contributed by atoms with van der Waals surface area (Å²) < 4.78 is 12.7. The Kier molecular flexibility index (Phi) is 4.44. The number of carbonyl (C=O) groups is 1. The van der Waals surface area contributed by atoms with Crippen molar-refractivity contribution in [1.29, 1.82) is 0 Å². The molecule has 1 atom stereocenters. The van der Waals surface area contributed by atoms with E-state index in [1.165, 1.54) is 0 Å². The lowest BCUT2D eigenvalue weighted by Gasteiger charge is -2.16. The fourth-order valence-electron chi connectivity index (χ4n) is 3.62. The molecule has 1 aromatic heterocycles. The number of rotatable bonds is 2. The second-order valence-corrected chi connectivity index (χ2v) is 8.55. The Hall–Kier alpha value is -2.64. The number of amides is 1. The monoisotopic (exact) mass is 427 g/mol. The van der Waals surface area contributed by atoms with Gasteiger partial charge in [-0.15, -0.1) is 11.8 Å². The molecule has 2 aliphatic rings. The third kappa shape index (κ3) is 3.14. The van der Waals surface area contributed by atoms with Crippen LogP contribution >= 0.6 is 23.4 Å². The van der Waals surface area contributed by atoms with Gasteiger partial charge < -0.3 is 14.8 Å². The van der Waals surface area contributed by atoms with Gasteiger partial charge in [0.1, 0.15) is 5.82 Å². The van der Waals surface area contributed by atoms with Crippen molar-refractivity contribution in [3.63, 3.8) is 0 Å².